The van der Waals surface area contributed by atoms with Gasteiger partial charge in [-0.25, -0.2) is 0 Å². The van der Waals surface area contributed by atoms with Gasteiger partial charge in [0.05, 0.1) is 22.7 Å². The van der Waals surface area contributed by atoms with E-state index in [2.05, 4.69) is 116 Å². The highest BCUT2D eigenvalue weighted by Gasteiger charge is 2.15. The Kier molecular flexibility index (Phi) is 5.26. The van der Waals surface area contributed by atoms with E-state index in [1.165, 1.54) is 33.2 Å². The Morgan fingerprint density at radius 3 is 1.71 bits per heavy atom. The van der Waals surface area contributed by atoms with Gasteiger partial charge in [-0.1, -0.05) is 18.2 Å². The number of fused-ring (bicyclic) bond motifs is 3. The maximum absolute atomic E-state index is 9.18. The molecule has 5 aromatic rings. The summed E-state index contributed by atoms with van der Waals surface area (Å²) in [6.07, 6.45) is 0. The molecule has 4 heteroatoms. The molecule has 0 N–H and O–H groups in total. The number of nitrogens with zero attached hydrogens (tertiary/aromatic N) is 4. The zero-order valence-electron chi connectivity index (χ0n) is 20.3. The summed E-state index contributed by atoms with van der Waals surface area (Å²) in [5, 5.41) is 11.7. The van der Waals surface area contributed by atoms with Crippen LogP contribution in [0.25, 0.3) is 38.6 Å². The minimum Gasteiger partial charge on any atom is -0.378 e. The zero-order valence-corrected chi connectivity index (χ0v) is 20.3. The molecular weight excluding hydrogens is 416 g/mol. The zero-order chi connectivity index (χ0) is 24.0. The predicted octanol–water partition coefficient (Wildman–Crippen LogP) is 6.76. The first kappa shape index (κ1) is 21.6. The highest BCUT2D eigenvalue weighted by Crippen LogP contribution is 2.36. The van der Waals surface area contributed by atoms with Crippen molar-refractivity contribution in [2.75, 3.05) is 38.0 Å². The summed E-state index contributed by atoms with van der Waals surface area (Å²) in [5.74, 6) is 0. The molecule has 5 rings (SSSR count). The molecule has 0 aliphatic carbocycles. The van der Waals surface area contributed by atoms with Crippen LogP contribution in [0.5, 0.6) is 0 Å². The molecule has 0 saturated carbocycles. The van der Waals surface area contributed by atoms with E-state index in [-0.39, 0.29) is 0 Å². The number of benzene rings is 4. The highest BCUT2D eigenvalue weighted by atomic mass is 15.1. The largest absolute Gasteiger partial charge is 0.378 e. The molecule has 1 heterocycles. The molecular formula is C30H28N4. The average molecular weight is 445 g/mol. The Balaban J connectivity index is 1.69. The molecule has 0 atom stereocenters. The van der Waals surface area contributed by atoms with E-state index in [0.717, 1.165) is 22.4 Å². The SMILES string of the molecule is Cc1cc(C#N)ccc1-c1ccc(-n2c3ccc(N(C)C)cc3c3cc(N(C)C)ccc32)cc1. The molecule has 1 aromatic heterocycles. The Morgan fingerprint density at radius 1 is 0.676 bits per heavy atom. The summed E-state index contributed by atoms with van der Waals surface area (Å²) in [6.45, 7) is 2.06. The van der Waals surface area contributed by atoms with Crippen LogP contribution in [0.1, 0.15) is 11.1 Å². The van der Waals surface area contributed by atoms with Crippen molar-refractivity contribution < 1.29 is 0 Å². The summed E-state index contributed by atoms with van der Waals surface area (Å²) in [6, 6.07) is 30.2. The van der Waals surface area contributed by atoms with Crippen molar-refractivity contribution in [2.24, 2.45) is 0 Å². The molecule has 168 valence electrons. The fourth-order valence-corrected chi connectivity index (χ4v) is 4.68. The molecule has 4 aromatic carbocycles. The van der Waals surface area contributed by atoms with Crippen LogP contribution in [0.3, 0.4) is 0 Å². The normalized spacial score (nSPS) is 11.1. The van der Waals surface area contributed by atoms with Gasteiger partial charge < -0.3 is 14.4 Å². The van der Waals surface area contributed by atoms with Crippen molar-refractivity contribution in [1.82, 2.24) is 4.57 Å². The fourth-order valence-electron chi connectivity index (χ4n) is 4.68. The molecule has 0 bridgehead atoms. The molecule has 0 spiro atoms. The van der Waals surface area contributed by atoms with Gasteiger partial charge in [-0.2, -0.15) is 5.26 Å². The maximum Gasteiger partial charge on any atom is 0.0991 e. The molecule has 0 unspecified atom stereocenters. The summed E-state index contributed by atoms with van der Waals surface area (Å²) >= 11 is 0. The van der Waals surface area contributed by atoms with Gasteiger partial charge >= 0.3 is 0 Å². The van der Waals surface area contributed by atoms with E-state index in [9.17, 15) is 5.26 Å². The number of anilines is 2. The lowest BCUT2D eigenvalue weighted by Gasteiger charge is -2.13. The Morgan fingerprint density at radius 2 is 1.24 bits per heavy atom. The molecule has 4 nitrogen and oxygen atoms in total. The second-order valence-corrected chi connectivity index (χ2v) is 9.22. The van der Waals surface area contributed by atoms with Crippen LogP contribution in [-0.2, 0) is 0 Å². The number of hydrogen-bond donors (Lipinski definition) is 0. The third-order valence-corrected chi connectivity index (χ3v) is 6.56. The third-order valence-electron chi connectivity index (χ3n) is 6.56. The van der Waals surface area contributed by atoms with E-state index in [0.29, 0.717) is 5.56 Å². The van der Waals surface area contributed by atoms with Crippen LogP contribution < -0.4 is 9.80 Å². The number of rotatable bonds is 4. The van der Waals surface area contributed by atoms with Crippen molar-refractivity contribution in [3.05, 3.63) is 90.0 Å². The molecule has 0 radical (unpaired) electrons. The lowest BCUT2D eigenvalue weighted by atomic mass is 9.98. The Hall–Kier alpha value is -4.23. The smallest absolute Gasteiger partial charge is 0.0991 e. The summed E-state index contributed by atoms with van der Waals surface area (Å²) in [5.41, 5.74) is 9.99. The topological polar surface area (TPSA) is 35.2 Å². The van der Waals surface area contributed by atoms with Gasteiger partial charge in [-0.05, 0) is 84.3 Å². The molecule has 0 aliphatic heterocycles. The van der Waals surface area contributed by atoms with Crippen LogP contribution in [0, 0.1) is 18.3 Å². The number of aromatic nitrogens is 1. The molecule has 0 amide bonds. The lowest BCUT2D eigenvalue weighted by Crippen LogP contribution is -2.08. The highest BCUT2D eigenvalue weighted by molar-refractivity contribution is 6.11. The van der Waals surface area contributed by atoms with Gasteiger partial charge in [0, 0.05) is 56.0 Å². The van der Waals surface area contributed by atoms with Crippen LogP contribution in [0.4, 0.5) is 11.4 Å². The Labute approximate surface area is 200 Å². The molecule has 0 fully saturated rings. The molecule has 0 saturated heterocycles. The van der Waals surface area contributed by atoms with Crippen molar-refractivity contribution in [3.8, 4) is 22.9 Å². The van der Waals surface area contributed by atoms with Gasteiger partial charge in [-0.3, -0.25) is 0 Å². The minimum absolute atomic E-state index is 0.692. The van der Waals surface area contributed by atoms with Gasteiger partial charge in [0.2, 0.25) is 0 Å². The first-order valence-electron chi connectivity index (χ1n) is 11.4. The standard InChI is InChI=1S/C30H28N4/c1-20-16-21(19-31)6-13-26(20)22-7-9-23(10-8-22)34-29-14-11-24(32(2)3)17-27(29)28-18-25(33(4)5)12-15-30(28)34/h6-18H,1-5H3. The third kappa shape index (κ3) is 3.56. The van der Waals surface area contributed by atoms with Crippen LogP contribution in [-0.4, -0.2) is 32.8 Å². The summed E-state index contributed by atoms with van der Waals surface area (Å²) in [4.78, 5) is 4.29. The summed E-state index contributed by atoms with van der Waals surface area (Å²) < 4.78 is 2.35. The van der Waals surface area contributed by atoms with Gasteiger partial charge in [0.1, 0.15) is 0 Å². The maximum atomic E-state index is 9.18. The molecule has 0 aliphatic rings. The van der Waals surface area contributed by atoms with Gasteiger partial charge in [0.25, 0.3) is 0 Å². The van der Waals surface area contributed by atoms with Crippen molar-refractivity contribution in [3.63, 3.8) is 0 Å². The summed E-state index contributed by atoms with van der Waals surface area (Å²) in [7, 11) is 8.32. The second kappa shape index (κ2) is 8.28. The van der Waals surface area contributed by atoms with Crippen LogP contribution in [0.15, 0.2) is 78.9 Å². The average Bonchev–Trinajstić information content (AvgIpc) is 3.17. The number of hydrogen-bond acceptors (Lipinski definition) is 3. The lowest BCUT2D eigenvalue weighted by molar-refractivity contribution is 1.13. The Bertz CT molecular complexity index is 1500. The van der Waals surface area contributed by atoms with Crippen LogP contribution in [0.2, 0.25) is 0 Å². The number of aryl methyl sites for hydroxylation is 1. The van der Waals surface area contributed by atoms with Crippen molar-refractivity contribution in [1.29, 1.82) is 5.26 Å². The second-order valence-electron chi connectivity index (χ2n) is 9.22. The van der Waals surface area contributed by atoms with E-state index >= 15 is 0 Å². The van der Waals surface area contributed by atoms with E-state index < -0.39 is 0 Å². The predicted molar refractivity (Wildman–Crippen MR) is 144 cm³/mol. The monoisotopic (exact) mass is 444 g/mol. The quantitative estimate of drug-likeness (QED) is 0.307. The molecule has 34 heavy (non-hydrogen) atoms. The number of nitriles is 1. The van der Waals surface area contributed by atoms with E-state index in [1.54, 1.807) is 0 Å². The van der Waals surface area contributed by atoms with Gasteiger partial charge in [-0.15, -0.1) is 0 Å². The fraction of sp³-hybridized carbons (Fsp3) is 0.167. The van der Waals surface area contributed by atoms with Crippen molar-refractivity contribution >= 4 is 33.2 Å². The van der Waals surface area contributed by atoms with Crippen LogP contribution >= 0.6 is 0 Å². The van der Waals surface area contributed by atoms with E-state index in [4.69, 9.17) is 0 Å². The van der Waals surface area contributed by atoms with Crippen molar-refractivity contribution in [2.45, 2.75) is 6.92 Å². The minimum atomic E-state index is 0.692. The first-order chi connectivity index (χ1) is 16.4. The van der Waals surface area contributed by atoms with Gasteiger partial charge in [0.15, 0.2) is 0 Å². The first-order valence-corrected chi connectivity index (χ1v) is 11.4. The van der Waals surface area contributed by atoms with E-state index in [1.807, 2.05) is 18.2 Å².